The van der Waals surface area contributed by atoms with E-state index in [-0.39, 0.29) is 31.1 Å². The van der Waals surface area contributed by atoms with Crippen LogP contribution in [-0.4, -0.2) is 37.2 Å². The molecule has 0 radical (unpaired) electrons. The van der Waals surface area contributed by atoms with Crippen LogP contribution in [0, 0.1) is 0 Å². The van der Waals surface area contributed by atoms with Crippen molar-refractivity contribution in [1.82, 2.24) is 0 Å². The molecule has 0 rings (SSSR count). The predicted molar refractivity (Wildman–Crippen MR) is 325 cm³/mol. The molecule has 0 saturated carbocycles. The average molecular weight is 1050 g/mol. The van der Waals surface area contributed by atoms with E-state index in [1.807, 2.05) is 0 Å². The Labute approximate surface area is 466 Å². The van der Waals surface area contributed by atoms with Crippen molar-refractivity contribution in [1.29, 1.82) is 0 Å². The van der Waals surface area contributed by atoms with Crippen molar-refractivity contribution in [2.45, 2.75) is 348 Å². The van der Waals surface area contributed by atoms with Gasteiger partial charge in [0.15, 0.2) is 6.10 Å². The molecule has 0 heterocycles. The van der Waals surface area contributed by atoms with Crippen molar-refractivity contribution in [3.63, 3.8) is 0 Å². The van der Waals surface area contributed by atoms with Crippen molar-refractivity contribution >= 4 is 17.9 Å². The summed E-state index contributed by atoms with van der Waals surface area (Å²) in [4.78, 5) is 38.3. The van der Waals surface area contributed by atoms with Gasteiger partial charge < -0.3 is 14.2 Å². The van der Waals surface area contributed by atoms with Crippen LogP contribution in [0.1, 0.15) is 342 Å². The molecule has 0 fully saturated rings. The normalized spacial score (nSPS) is 12.4. The molecule has 0 spiro atoms. The van der Waals surface area contributed by atoms with E-state index in [0.717, 1.165) is 109 Å². The van der Waals surface area contributed by atoms with E-state index in [0.29, 0.717) is 19.3 Å². The topological polar surface area (TPSA) is 78.9 Å². The van der Waals surface area contributed by atoms with Crippen LogP contribution >= 0.6 is 0 Å². The summed E-state index contributed by atoms with van der Waals surface area (Å²) in [5.41, 5.74) is 0. The standard InChI is InChI=1S/C69H124O6/c1-4-7-10-13-16-19-22-25-27-29-31-33-34-35-37-38-40-42-44-47-50-53-56-59-62-68(71)74-65-66(64-73-67(70)61-58-55-52-49-46-24-21-18-15-12-9-6-3)75-69(72)63-60-57-54-51-48-45-43-41-39-36-32-30-28-26-23-20-17-14-11-8-5-2/h8,11,17,20,26,28,32,36,41,43,66H,4-7,9-10,12-16,18-19,21-25,27,29-31,33-35,37-40,42,44-65H2,1-3H3/b11-8-,20-17-,28-26-,36-32-,43-41-. The maximum absolute atomic E-state index is 12.9. The van der Waals surface area contributed by atoms with E-state index in [9.17, 15) is 14.4 Å². The van der Waals surface area contributed by atoms with Crippen LogP contribution < -0.4 is 0 Å². The van der Waals surface area contributed by atoms with Crippen LogP contribution in [0.5, 0.6) is 0 Å². The predicted octanol–water partition coefficient (Wildman–Crippen LogP) is 22.3. The van der Waals surface area contributed by atoms with E-state index < -0.39 is 6.10 Å². The lowest BCUT2D eigenvalue weighted by atomic mass is 10.0. The molecule has 75 heavy (non-hydrogen) atoms. The third-order valence-corrected chi connectivity index (χ3v) is 14.5. The highest BCUT2D eigenvalue weighted by Gasteiger charge is 2.19. The summed E-state index contributed by atoms with van der Waals surface area (Å²) in [6.45, 7) is 6.56. The Bertz CT molecular complexity index is 1340. The number of ether oxygens (including phenoxy) is 3. The monoisotopic (exact) mass is 1050 g/mol. The second kappa shape index (κ2) is 63.6. The summed E-state index contributed by atoms with van der Waals surface area (Å²) in [7, 11) is 0. The van der Waals surface area contributed by atoms with Gasteiger partial charge in [-0.05, 0) is 64.2 Å². The van der Waals surface area contributed by atoms with E-state index >= 15 is 0 Å². The molecule has 0 aliphatic carbocycles. The van der Waals surface area contributed by atoms with Crippen molar-refractivity contribution in [2.24, 2.45) is 0 Å². The summed E-state index contributed by atoms with van der Waals surface area (Å²) in [5.74, 6) is -0.877. The Morgan fingerprint density at radius 2 is 0.520 bits per heavy atom. The Kier molecular flexibility index (Phi) is 61.2. The van der Waals surface area contributed by atoms with Crippen molar-refractivity contribution in [2.75, 3.05) is 13.2 Å². The average Bonchev–Trinajstić information content (AvgIpc) is 3.41. The fraction of sp³-hybridized carbons (Fsp3) is 0.812. The van der Waals surface area contributed by atoms with Crippen molar-refractivity contribution < 1.29 is 28.6 Å². The molecule has 0 N–H and O–H groups in total. The molecular weight excluding hydrogens is 925 g/mol. The number of allylic oxidation sites excluding steroid dienone is 10. The maximum Gasteiger partial charge on any atom is 0.306 e. The molecule has 6 nitrogen and oxygen atoms in total. The molecule has 6 heteroatoms. The molecule has 0 bridgehead atoms. The van der Waals surface area contributed by atoms with Gasteiger partial charge in [0.05, 0.1) is 0 Å². The van der Waals surface area contributed by atoms with Gasteiger partial charge in [-0.3, -0.25) is 14.4 Å². The van der Waals surface area contributed by atoms with Crippen molar-refractivity contribution in [3.8, 4) is 0 Å². The van der Waals surface area contributed by atoms with Gasteiger partial charge in [-0.25, -0.2) is 0 Å². The molecule has 436 valence electrons. The summed E-state index contributed by atoms with van der Waals surface area (Å²) < 4.78 is 16.9. The Morgan fingerprint density at radius 3 is 0.813 bits per heavy atom. The maximum atomic E-state index is 12.9. The molecule has 0 aromatic heterocycles. The molecule has 1 unspecified atom stereocenters. The first-order valence-electron chi connectivity index (χ1n) is 32.8. The third-order valence-electron chi connectivity index (χ3n) is 14.5. The SMILES string of the molecule is CC/C=C\C/C=C\C/C=C\C/C=C\C/C=C\CCCCCCCC(=O)OC(COC(=O)CCCCCCCCCCCCCC)COC(=O)CCCCCCCCCCCCCCCCCCCCCCCCCC. The van der Waals surface area contributed by atoms with Crippen LogP contribution in [0.3, 0.4) is 0 Å². The molecule has 0 saturated heterocycles. The largest absolute Gasteiger partial charge is 0.462 e. The second-order valence-corrected chi connectivity index (χ2v) is 22.0. The minimum atomic E-state index is -0.782. The number of unbranched alkanes of at least 4 members (excludes halogenated alkanes) is 39. The fourth-order valence-corrected chi connectivity index (χ4v) is 9.65. The van der Waals surface area contributed by atoms with Crippen LogP contribution in [0.25, 0.3) is 0 Å². The smallest absolute Gasteiger partial charge is 0.306 e. The highest BCUT2D eigenvalue weighted by molar-refractivity contribution is 5.71. The molecule has 0 amide bonds. The minimum Gasteiger partial charge on any atom is -0.462 e. The molecule has 0 aliphatic heterocycles. The Balaban J connectivity index is 4.28. The highest BCUT2D eigenvalue weighted by atomic mass is 16.6. The summed E-state index contributed by atoms with van der Waals surface area (Å²) in [6, 6.07) is 0. The van der Waals surface area contributed by atoms with Gasteiger partial charge in [-0.1, -0.05) is 319 Å². The Hall–Kier alpha value is -2.89. The quantitative estimate of drug-likeness (QED) is 0.0261. The lowest BCUT2D eigenvalue weighted by Gasteiger charge is -2.18. The van der Waals surface area contributed by atoms with E-state index in [2.05, 4.69) is 81.5 Å². The number of rotatable bonds is 60. The molecule has 1 atom stereocenters. The van der Waals surface area contributed by atoms with Gasteiger partial charge in [-0.15, -0.1) is 0 Å². The zero-order valence-electron chi connectivity index (χ0n) is 50.1. The summed E-state index contributed by atoms with van der Waals surface area (Å²) in [5, 5.41) is 0. The van der Waals surface area contributed by atoms with Gasteiger partial charge in [0.25, 0.3) is 0 Å². The van der Waals surface area contributed by atoms with Gasteiger partial charge >= 0.3 is 17.9 Å². The highest BCUT2D eigenvalue weighted by Crippen LogP contribution is 2.18. The van der Waals surface area contributed by atoms with E-state index in [4.69, 9.17) is 14.2 Å². The van der Waals surface area contributed by atoms with Crippen LogP contribution in [0.15, 0.2) is 60.8 Å². The zero-order valence-corrected chi connectivity index (χ0v) is 50.1. The van der Waals surface area contributed by atoms with Gasteiger partial charge in [-0.2, -0.15) is 0 Å². The first-order valence-corrected chi connectivity index (χ1v) is 32.8. The molecule has 0 aromatic carbocycles. The van der Waals surface area contributed by atoms with Crippen LogP contribution in [0.4, 0.5) is 0 Å². The van der Waals surface area contributed by atoms with E-state index in [1.165, 1.54) is 193 Å². The molecule has 0 aliphatic rings. The zero-order chi connectivity index (χ0) is 54.3. The number of hydrogen-bond acceptors (Lipinski definition) is 6. The number of esters is 3. The summed E-state index contributed by atoms with van der Waals surface area (Å²) >= 11 is 0. The first kappa shape index (κ1) is 72.1. The van der Waals surface area contributed by atoms with Gasteiger partial charge in [0.2, 0.25) is 0 Å². The first-order chi connectivity index (χ1) is 37.0. The minimum absolute atomic E-state index is 0.0777. The third kappa shape index (κ3) is 61.8. The lowest BCUT2D eigenvalue weighted by Crippen LogP contribution is -2.30. The molecule has 0 aromatic rings. The lowest BCUT2D eigenvalue weighted by molar-refractivity contribution is -0.167. The van der Waals surface area contributed by atoms with E-state index in [1.54, 1.807) is 0 Å². The summed E-state index contributed by atoms with van der Waals surface area (Å²) in [6.07, 6.45) is 80.9. The number of carbonyl (C=O) groups is 3. The number of hydrogen-bond donors (Lipinski definition) is 0. The van der Waals surface area contributed by atoms with Crippen molar-refractivity contribution in [3.05, 3.63) is 60.8 Å². The Morgan fingerprint density at radius 1 is 0.280 bits per heavy atom. The van der Waals surface area contributed by atoms with Crippen LogP contribution in [-0.2, 0) is 28.6 Å². The second-order valence-electron chi connectivity index (χ2n) is 22.0. The van der Waals surface area contributed by atoms with Gasteiger partial charge in [0, 0.05) is 19.3 Å². The fourth-order valence-electron chi connectivity index (χ4n) is 9.65. The van der Waals surface area contributed by atoms with Gasteiger partial charge in [0.1, 0.15) is 13.2 Å². The number of carbonyl (C=O) groups excluding carboxylic acids is 3. The van der Waals surface area contributed by atoms with Crippen LogP contribution in [0.2, 0.25) is 0 Å². The molecular formula is C69H124O6.